The summed E-state index contributed by atoms with van der Waals surface area (Å²) in [7, 11) is 0. The predicted molar refractivity (Wildman–Crippen MR) is 87.3 cm³/mol. The molecule has 8 heteroatoms. The van der Waals surface area contributed by atoms with Crippen LogP contribution in [0, 0.1) is 13.8 Å². The summed E-state index contributed by atoms with van der Waals surface area (Å²) < 4.78 is 39.6. The van der Waals surface area contributed by atoms with Crippen molar-refractivity contribution in [3.63, 3.8) is 0 Å². The van der Waals surface area contributed by atoms with Gasteiger partial charge in [-0.3, -0.25) is 0 Å². The standard InChI is InChI=1S/C17H23F2N3O2.Li/c1-7-12(14-11(4)23-16(5,6)24-14)21-15-20-9-8-13(22-15)17(18,19)10(2)3;/h8-9,11-12,14H,1-2,4,7H2,3,5-6H3,(H,20,21,22);/q-2;+1/t11-,12-,14-;/m0./s1. The summed E-state index contributed by atoms with van der Waals surface area (Å²) >= 11 is 0. The van der Waals surface area contributed by atoms with Gasteiger partial charge in [-0.05, 0) is 38.5 Å². The number of nitrogens with one attached hydrogen (secondary N) is 1. The van der Waals surface area contributed by atoms with Gasteiger partial charge in [0.25, 0.3) is 0 Å². The van der Waals surface area contributed by atoms with Crippen LogP contribution in [0.2, 0.25) is 0 Å². The first-order chi connectivity index (χ1) is 11.1. The molecular weight excluding hydrogens is 323 g/mol. The van der Waals surface area contributed by atoms with Gasteiger partial charge in [0.1, 0.15) is 5.69 Å². The number of halogens is 2. The average molecular weight is 346 g/mol. The molecule has 3 atom stereocenters. The summed E-state index contributed by atoms with van der Waals surface area (Å²) in [5, 5.41) is 3.00. The van der Waals surface area contributed by atoms with Crippen LogP contribution in [0.5, 0.6) is 0 Å². The molecule has 0 spiro atoms. The molecule has 0 aliphatic carbocycles. The van der Waals surface area contributed by atoms with Crippen molar-refractivity contribution in [3.8, 4) is 0 Å². The molecule has 1 aromatic rings. The van der Waals surface area contributed by atoms with Crippen molar-refractivity contribution in [1.29, 1.82) is 0 Å². The molecule has 2 rings (SSSR count). The average Bonchev–Trinajstić information content (AvgIpc) is 2.77. The smallest absolute Gasteiger partial charge is 0.377 e. The van der Waals surface area contributed by atoms with Crippen molar-refractivity contribution in [2.75, 3.05) is 5.32 Å². The molecule has 1 N–H and O–H groups in total. The van der Waals surface area contributed by atoms with Crippen molar-refractivity contribution in [3.05, 3.63) is 44.0 Å². The number of nitrogens with zero attached hydrogens (tertiary/aromatic N) is 2. The number of hydrogen-bond donors (Lipinski definition) is 1. The van der Waals surface area contributed by atoms with Crippen LogP contribution < -0.4 is 24.2 Å². The van der Waals surface area contributed by atoms with Crippen molar-refractivity contribution in [2.24, 2.45) is 0 Å². The van der Waals surface area contributed by atoms with Crippen molar-refractivity contribution in [1.82, 2.24) is 9.97 Å². The topological polar surface area (TPSA) is 56.3 Å². The normalized spacial score (nSPS) is 23.6. The molecule has 1 saturated heterocycles. The third-order valence-electron chi connectivity index (χ3n) is 3.76. The van der Waals surface area contributed by atoms with E-state index in [0.717, 1.165) is 0 Å². The van der Waals surface area contributed by atoms with Crippen molar-refractivity contribution in [2.45, 2.75) is 57.2 Å². The van der Waals surface area contributed by atoms with E-state index in [1.165, 1.54) is 19.2 Å². The number of hydrogen-bond acceptors (Lipinski definition) is 5. The minimum Gasteiger partial charge on any atom is -0.377 e. The Morgan fingerprint density at radius 1 is 1.48 bits per heavy atom. The largest absolute Gasteiger partial charge is 1.00 e. The van der Waals surface area contributed by atoms with Crippen LogP contribution in [0.4, 0.5) is 14.7 Å². The molecule has 0 radical (unpaired) electrons. The van der Waals surface area contributed by atoms with Crippen LogP contribution in [0.3, 0.4) is 0 Å². The van der Waals surface area contributed by atoms with Gasteiger partial charge in [-0.15, -0.1) is 0 Å². The summed E-state index contributed by atoms with van der Waals surface area (Å²) in [6.45, 7) is 15.9. The van der Waals surface area contributed by atoms with E-state index in [0.29, 0.717) is 6.42 Å². The first kappa shape index (κ1) is 22.0. The van der Waals surface area contributed by atoms with Crippen LogP contribution in [0.25, 0.3) is 0 Å². The fourth-order valence-electron chi connectivity index (χ4n) is 2.51. The van der Waals surface area contributed by atoms with E-state index >= 15 is 0 Å². The molecule has 0 bridgehead atoms. The van der Waals surface area contributed by atoms with E-state index in [-0.39, 0.29) is 36.4 Å². The van der Waals surface area contributed by atoms with Gasteiger partial charge in [0.15, 0.2) is 5.79 Å². The molecule has 0 unspecified atom stereocenters. The predicted octanol–water partition coefficient (Wildman–Crippen LogP) is 0.507. The third-order valence-corrected chi connectivity index (χ3v) is 3.76. The number of anilines is 1. The maximum absolute atomic E-state index is 14.1. The van der Waals surface area contributed by atoms with Crippen molar-refractivity contribution < 1.29 is 37.1 Å². The first-order valence-corrected chi connectivity index (χ1v) is 7.68. The summed E-state index contributed by atoms with van der Waals surface area (Å²) in [5.74, 6) is -3.91. The van der Waals surface area contributed by atoms with Gasteiger partial charge >= 0.3 is 24.8 Å². The van der Waals surface area contributed by atoms with Gasteiger partial charge in [0.05, 0.1) is 6.10 Å². The Labute approximate surface area is 159 Å². The minimum absolute atomic E-state index is 0. The van der Waals surface area contributed by atoms with Gasteiger partial charge in [0, 0.05) is 12.2 Å². The monoisotopic (exact) mass is 346 g/mol. The fourth-order valence-corrected chi connectivity index (χ4v) is 2.51. The molecule has 1 aromatic heterocycles. The zero-order valence-corrected chi connectivity index (χ0v) is 15.2. The first-order valence-electron chi connectivity index (χ1n) is 7.68. The maximum atomic E-state index is 14.1. The molecule has 0 amide bonds. The van der Waals surface area contributed by atoms with Crippen LogP contribution in [0.1, 0.15) is 32.9 Å². The zero-order valence-electron chi connectivity index (χ0n) is 15.2. The second kappa shape index (κ2) is 8.13. The maximum Gasteiger partial charge on any atom is 1.00 e. The van der Waals surface area contributed by atoms with Crippen LogP contribution in [0.15, 0.2) is 24.4 Å². The number of rotatable bonds is 6. The molecule has 25 heavy (non-hydrogen) atoms. The van der Waals surface area contributed by atoms with E-state index < -0.39 is 29.6 Å². The summed E-state index contributed by atoms with van der Waals surface area (Å²) in [6, 6.07) is 0.838. The molecule has 5 nitrogen and oxygen atoms in total. The van der Waals surface area contributed by atoms with E-state index in [4.69, 9.17) is 9.47 Å². The van der Waals surface area contributed by atoms with E-state index in [9.17, 15) is 8.78 Å². The molecule has 0 saturated carbocycles. The Bertz CT molecular complexity index is 613. The summed E-state index contributed by atoms with van der Waals surface area (Å²) in [4.78, 5) is 7.91. The molecular formula is C17H23F2LiN3O2-. The van der Waals surface area contributed by atoms with Gasteiger partial charge in [0.2, 0.25) is 5.95 Å². The number of ether oxygens (including phenoxy) is 2. The van der Waals surface area contributed by atoms with E-state index in [2.05, 4.69) is 35.7 Å². The van der Waals surface area contributed by atoms with Gasteiger partial charge in [-0.1, -0.05) is 6.58 Å². The molecule has 1 fully saturated rings. The zero-order chi connectivity index (χ0) is 18.1. The Morgan fingerprint density at radius 3 is 2.60 bits per heavy atom. The number of allylic oxidation sites excluding steroid dienone is 1. The second-order valence-electron chi connectivity index (χ2n) is 6.30. The van der Waals surface area contributed by atoms with Gasteiger partial charge in [-0.2, -0.15) is 15.2 Å². The molecule has 1 aliphatic heterocycles. The summed E-state index contributed by atoms with van der Waals surface area (Å²) in [6.07, 6.45) is 0.880. The quantitative estimate of drug-likeness (QED) is 0.462. The summed E-state index contributed by atoms with van der Waals surface area (Å²) in [5.41, 5.74) is -0.696. The van der Waals surface area contributed by atoms with Gasteiger partial charge < -0.3 is 28.6 Å². The number of alkyl halides is 2. The van der Waals surface area contributed by atoms with Gasteiger partial charge in [-0.25, -0.2) is 9.97 Å². The fraction of sp³-hybridized carbons (Fsp3) is 0.529. The van der Waals surface area contributed by atoms with E-state index in [1.54, 1.807) is 13.8 Å². The third kappa shape index (κ3) is 5.01. The van der Waals surface area contributed by atoms with Crippen LogP contribution in [-0.4, -0.2) is 34.0 Å². The van der Waals surface area contributed by atoms with Crippen LogP contribution in [-0.2, 0) is 15.4 Å². The Kier molecular flexibility index (Phi) is 7.17. The molecule has 134 valence electrons. The Morgan fingerprint density at radius 2 is 2.12 bits per heavy atom. The van der Waals surface area contributed by atoms with E-state index in [1.807, 2.05) is 0 Å². The Hall–Kier alpha value is -1.00. The molecule has 0 aromatic carbocycles. The molecule has 1 aliphatic rings. The number of aromatic nitrogens is 2. The minimum atomic E-state index is -3.22. The Balaban J connectivity index is 0.00000312. The molecule has 2 heterocycles. The second-order valence-corrected chi connectivity index (χ2v) is 6.30. The van der Waals surface area contributed by atoms with Crippen molar-refractivity contribution >= 4 is 5.95 Å². The van der Waals surface area contributed by atoms with Crippen LogP contribution >= 0.6 is 0 Å². The SMILES string of the molecule is C=C(C)C(F)(F)c1ccnc(N[C@@H](C[CH2-])[C@H]2OC(C)(C)O[C@H]2[CH2-])n1.[Li+].